The van der Waals surface area contributed by atoms with Gasteiger partial charge in [0.2, 0.25) is 5.95 Å². The number of nitrogens with one attached hydrogen (secondary N) is 1. The van der Waals surface area contributed by atoms with E-state index in [0.29, 0.717) is 6.54 Å². The molecule has 0 spiro atoms. The Morgan fingerprint density at radius 1 is 1.04 bits per heavy atom. The number of fused-ring (bicyclic) bond motifs is 1. The number of rotatable bonds is 6. The molecule has 1 aliphatic heterocycles. The molecule has 0 bridgehead atoms. The molecule has 1 aromatic carbocycles. The van der Waals surface area contributed by atoms with Crippen LogP contribution >= 0.6 is 12.4 Å². The molecule has 1 fully saturated rings. The molecule has 0 aliphatic carbocycles. The molecule has 0 saturated carbocycles. The van der Waals surface area contributed by atoms with Gasteiger partial charge in [-0.3, -0.25) is 4.90 Å². The Labute approximate surface area is 164 Å². The number of benzene rings is 1. The smallest absolute Gasteiger partial charge is 0.227 e. The van der Waals surface area contributed by atoms with Gasteiger partial charge in [0.05, 0.1) is 24.9 Å². The molecule has 1 saturated heterocycles. The predicted molar refractivity (Wildman–Crippen MR) is 109 cm³/mol. The van der Waals surface area contributed by atoms with Gasteiger partial charge in [0.25, 0.3) is 0 Å². The summed E-state index contributed by atoms with van der Waals surface area (Å²) in [5.74, 6) is 2.43. The van der Waals surface area contributed by atoms with Crippen molar-refractivity contribution in [2.24, 2.45) is 0 Å². The second-order valence-electron chi connectivity index (χ2n) is 6.37. The Bertz CT molecular complexity index is 850. The van der Waals surface area contributed by atoms with Crippen molar-refractivity contribution >= 4 is 35.1 Å². The first-order valence-electron chi connectivity index (χ1n) is 8.95. The Kier molecular flexibility index (Phi) is 6.49. The predicted octanol–water partition coefficient (Wildman–Crippen LogP) is 2.37. The van der Waals surface area contributed by atoms with Crippen LogP contribution < -0.4 is 10.2 Å². The Balaban J connectivity index is 0.00000210. The largest absolute Gasteiger partial charge is 0.467 e. The summed E-state index contributed by atoms with van der Waals surface area (Å²) in [5, 5.41) is 13.5. The van der Waals surface area contributed by atoms with Crippen molar-refractivity contribution in [2.75, 3.05) is 49.5 Å². The maximum Gasteiger partial charge on any atom is 0.227 e. The van der Waals surface area contributed by atoms with E-state index in [4.69, 9.17) is 19.5 Å². The molecule has 8 heteroatoms. The van der Waals surface area contributed by atoms with Gasteiger partial charge < -0.3 is 19.7 Å². The van der Waals surface area contributed by atoms with Crippen LogP contribution in [-0.2, 0) is 6.54 Å². The van der Waals surface area contributed by atoms with Crippen molar-refractivity contribution in [1.29, 1.82) is 0 Å². The first-order valence-corrected chi connectivity index (χ1v) is 8.95. The third kappa shape index (κ3) is 4.50. The number of nitrogens with zero attached hydrogens (tertiary/aromatic N) is 4. The summed E-state index contributed by atoms with van der Waals surface area (Å²) >= 11 is 0. The van der Waals surface area contributed by atoms with Crippen molar-refractivity contribution in [1.82, 2.24) is 14.9 Å². The lowest BCUT2D eigenvalue weighted by atomic mass is 10.2. The molecule has 1 aliphatic rings. The van der Waals surface area contributed by atoms with E-state index in [-0.39, 0.29) is 19.0 Å². The molecular weight excluding hydrogens is 366 g/mol. The summed E-state index contributed by atoms with van der Waals surface area (Å²) in [5.41, 5.74) is 0.928. The third-order valence-electron chi connectivity index (χ3n) is 4.67. The van der Waals surface area contributed by atoms with Gasteiger partial charge in [-0.15, -0.1) is 12.4 Å². The molecule has 144 valence electrons. The Morgan fingerprint density at radius 3 is 2.59 bits per heavy atom. The lowest BCUT2D eigenvalue weighted by Crippen LogP contribution is -2.47. The van der Waals surface area contributed by atoms with Crippen LogP contribution in [-0.4, -0.2) is 59.3 Å². The molecular formula is C19H24ClN5O2. The van der Waals surface area contributed by atoms with Gasteiger partial charge in [0.15, 0.2) is 0 Å². The van der Waals surface area contributed by atoms with E-state index in [1.54, 1.807) is 6.26 Å². The van der Waals surface area contributed by atoms with Crippen LogP contribution in [0.1, 0.15) is 5.76 Å². The van der Waals surface area contributed by atoms with Gasteiger partial charge in [0, 0.05) is 38.1 Å². The van der Waals surface area contributed by atoms with E-state index in [2.05, 4.69) is 15.1 Å². The molecule has 27 heavy (non-hydrogen) atoms. The van der Waals surface area contributed by atoms with Crippen molar-refractivity contribution in [3.05, 3.63) is 48.4 Å². The fourth-order valence-electron chi connectivity index (χ4n) is 3.24. The van der Waals surface area contributed by atoms with Gasteiger partial charge in [0.1, 0.15) is 11.6 Å². The summed E-state index contributed by atoms with van der Waals surface area (Å²) in [6, 6.07) is 11.9. The molecule has 2 N–H and O–H groups in total. The number of hydrogen-bond donors (Lipinski definition) is 2. The minimum absolute atomic E-state index is 0. The molecule has 0 radical (unpaired) electrons. The van der Waals surface area contributed by atoms with Gasteiger partial charge in [-0.05, 0) is 24.3 Å². The minimum Gasteiger partial charge on any atom is -0.467 e. The van der Waals surface area contributed by atoms with E-state index in [9.17, 15) is 0 Å². The highest BCUT2D eigenvalue weighted by Gasteiger charge is 2.20. The quantitative estimate of drug-likeness (QED) is 0.670. The van der Waals surface area contributed by atoms with E-state index in [0.717, 1.165) is 61.2 Å². The fourth-order valence-corrected chi connectivity index (χ4v) is 3.24. The monoisotopic (exact) mass is 389 g/mol. The van der Waals surface area contributed by atoms with Crippen LogP contribution in [0.15, 0.2) is 47.1 Å². The second-order valence-corrected chi connectivity index (χ2v) is 6.37. The molecule has 0 atom stereocenters. The van der Waals surface area contributed by atoms with Gasteiger partial charge in [-0.2, -0.15) is 4.98 Å². The van der Waals surface area contributed by atoms with Crippen LogP contribution in [0.25, 0.3) is 10.9 Å². The molecule has 7 nitrogen and oxygen atoms in total. The normalized spacial score (nSPS) is 14.9. The zero-order valence-corrected chi connectivity index (χ0v) is 15.9. The Morgan fingerprint density at radius 2 is 1.85 bits per heavy atom. The number of hydrogen-bond acceptors (Lipinski definition) is 7. The minimum atomic E-state index is 0. The lowest BCUT2D eigenvalue weighted by molar-refractivity contribution is 0.188. The number of halogens is 1. The average Bonchev–Trinajstić information content (AvgIpc) is 3.20. The highest BCUT2D eigenvalue weighted by Crippen LogP contribution is 2.24. The van der Waals surface area contributed by atoms with Crippen LogP contribution in [0.2, 0.25) is 0 Å². The number of aliphatic hydroxyl groups excluding tert-OH is 1. The third-order valence-corrected chi connectivity index (χ3v) is 4.67. The lowest BCUT2D eigenvalue weighted by Gasteiger charge is -2.34. The van der Waals surface area contributed by atoms with Crippen molar-refractivity contribution < 1.29 is 9.52 Å². The number of β-amino-alcohol motifs (C(OH)–C–C–N with tert-alkyl or cyclic N) is 1. The number of aliphatic hydroxyl groups is 1. The number of anilines is 2. The summed E-state index contributed by atoms with van der Waals surface area (Å²) < 4.78 is 5.41. The highest BCUT2D eigenvalue weighted by atomic mass is 35.5. The van der Waals surface area contributed by atoms with Crippen LogP contribution in [0, 0.1) is 0 Å². The van der Waals surface area contributed by atoms with Crippen molar-refractivity contribution in [3.63, 3.8) is 0 Å². The first kappa shape index (κ1) is 19.4. The SMILES string of the molecule is Cl.OCCN1CCN(c2nc(NCc3ccco3)c3ccccc3n2)CC1. The molecule has 3 heterocycles. The van der Waals surface area contributed by atoms with Gasteiger partial charge in [-0.1, -0.05) is 12.1 Å². The Hall–Kier alpha value is -2.35. The topological polar surface area (TPSA) is 77.7 Å². The molecule has 3 aromatic rings. The standard InChI is InChI=1S/C19H23N5O2.ClH/c25-12-11-23-7-9-24(10-8-23)19-21-17-6-2-1-5-16(17)18(22-19)20-14-15-4-3-13-26-15;/h1-6,13,25H,7-12,14H2,(H,20,21,22);1H. The van der Waals surface area contributed by atoms with Gasteiger partial charge >= 0.3 is 0 Å². The first-order chi connectivity index (χ1) is 12.8. The van der Waals surface area contributed by atoms with Crippen molar-refractivity contribution in [3.8, 4) is 0 Å². The van der Waals surface area contributed by atoms with E-state index >= 15 is 0 Å². The van der Waals surface area contributed by atoms with Crippen LogP contribution in [0.5, 0.6) is 0 Å². The number of para-hydroxylation sites is 1. The zero-order valence-electron chi connectivity index (χ0n) is 15.0. The number of furan rings is 1. The molecule has 4 rings (SSSR count). The molecule has 0 unspecified atom stereocenters. The maximum absolute atomic E-state index is 9.10. The zero-order chi connectivity index (χ0) is 17.8. The molecule has 2 aromatic heterocycles. The van der Waals surface area contributed by atoms with Crippen molar-refractivity contribution in [2.45, 2.75) is 6.54 Å². The maximum atomic E-state index is 9.10. The summed E-state index contributed by atoms with van der Waals surface area (Å²) in [6.45, 7) is 5.04. The van der Waals surface area contributed by atoms with E-state index in [1.807, 2.05) is 36.4 Å². The second kappa shape index (κ2) is 9.03. The summed E-state index contributed by atoms with van der Waals surface area (Å²) in [7, 11) is 0. The summed E-state index contributed by atoms with van der Waals surface area (Å²) in [6.07, 6.45) is 1.67. The van der Waals surface area contributed by atoms with E-state index < -0.39 is 0 Å². The highest BCUT2D eigenvalue weighted by molar-refractivity contribution is 5.90. The average molecular weight is 390 g/mol. The van der Waals surface area contributed by atoms with Gasteiger partial charge in [-0.25, -0.2) is 4.98 Å². The van der Waals surface area contributed by atoms with Crippen LogP contribution in [0.3, 0.4) is 0 Å². The van der Waals surface area contributed by atoms with E-state index in [1.165, 1.54) is 0 Å². The summed E-state index contributed by atoms with van der Waals surface area (Å²) in [4.78, 5) is 14.0. The molecule has 0 amide bonds. The van der Waals surface area contributed by atoms with Crippen LogP contribution in [0.4, 0.5) is 11.8 Å². The number of aromatic nitrogens is 2. The fraction of sp³-hybridized carbons (Fsp3) is 0.368. The number of piperazine rings is 1.